The van der Waals surface area contributed by atoms with Crippen LogP contribution in [-0.4, -0.2) is 44.2 Å². The minimum absolute atomic E-state index is 0.0653. The normalized spacial score (nSPS) is 17.9. The van der Waals surface area contributed by atoms with E-state index < -0.39 is 0 Å². The van der Waals surface area contributed by atoms with Gasteiger partial charge in [-0.15, -0.1) is 0 Å². The van der Waals surface area contributed by atoms with E-state index in [1.165, 1.54) is 0 Å². The zero-order valence-corrected chi connectivity index (χ0v) is 12.8. The van der Waals surface area contributed by atoms with E-state index in [0.717, 1.165) is 32.2 Å². The van der Waals surface area contributed by atoms with Crippen LogP contribution in [0.25, 0.3) is 0 Å². The third-order valence-corrected chi connectivity index (χ3v) is 4.01. The highest BCUT2D eigenvalue weighted by Crippen LogP contribution is 2.30. The third-order valence-electron chi connectivity index (χ3n) is 4.01. The summed E-state index contributed by atoms with van der Waals surface area (Å²) >= 11 is 0. The van der Waals surface area contributed by atoms with Crippen molar-refractivity contribution in [2.45, 2.75) is 31.7 Å². The van der Waals surface area contributed by atoms with E-state index in [0.29, 0.717) is 29.6 Å². The minimum Gasteiger partial charge on any atom is -0.493 e. The first kappa shape index (κ1) is 15.6. The molecule has 1 fully saturated rings. The van der Waals surface area contributed by atoms with Gasteiger partial charge in [-0.2, -0.15) is 0 Å². The lowest BCUT2D eigenvalue weighted by molar-refractivity contribution is 0.0729. The molecule has 1 aliphatic heterocycles. The fraction of sp³-hybridized carbons (Fsp3) is 0.562. The molecule has 21 heavy (non-hydrogen) atoms. The van der Waals surface area contributed by atoms with E-state index in [4.69, 9.17) is 15.2 Å². The summed E-state index contributed by atoms with van der Waals surface area (Å²) in [6.45, 7) is 1.50. The number of amides is 1. The molecule has 5 nitrogen and oxygen atoms in total. The number of nitrogens with zero attached hydrogens (tertiary/aromatic N) is 1. The van der Waals surface area contributed by atoms with E-state index in [1.54, 1.807) is 32.4 Å². The molecule has 0 aliphatic carbocycles. The monoisotopic (exact) mass is 292 g/mol. The van der Waals surface area contributed by atoms with Crippen LogP contribution in [0, 0.1) is 0 Å². The molecular weight excluding hydrogens is 268 g/mol. The van der Waals surface area contributed by atoms with Gasteiger partial charge >= 0.3 is 0 Å². The van der Waals surface area contributed by atoms with Gasteiger partial charge < -0.3 is 20.1 Å². The van der Waals surface area contributed by atoms with E-state index in [2.05, 4.69) is 0 Å². The van der Waals surface area contributed by atoms with Crippen molar-refractivity contribution in [1.29, 1.82) is 0 Å². The van der Waals surface area contributed by atoms with Crippen LogP contribution in [0.2, 0.25) is 0 Å². The molecule has 5 heteroatoms. The highest BCUT2D eigenvalue weighted by Gasteiger charge is 2.29. The second-order valence-corrected chi connectivity index (χ2v) is 5.30. The smallest absolute Gasteiger partial charge is 0.254 e. The first-order valence-electron chi connectivity index (χ1n) is 7.44. The van der Waals surface area contributed by atoms with Crippen molar-refractivity contribution in [3.05, 3.63) is 23.8 Å². The third kappa shape index (κ3) is 3.47. The second kappa shape index (κ2) is 7.31. The minimum atomic E-state index is 0.0653. The molecule has 1 unspecified atom stereocenters. The summed E-state index contributed by atoms with van der Waals surface area (Å²) in [5.74, 6) is 1.28. The van der Waals surface area contributed by atoms with Crippen molar-refractivity contribution in [2.75, 3.05) is 27.3 Å². The highest BCUT2D eigenvalue weighted by atomic mass is 16.5. The quantitative estimate of drug-likeness (QED) is 0.871. The molecule has 1 saturated heterocycles. The first-order chi connectivity index (χ1) is 10.2. The van der Waals surface area contributed by atoms with E-state index in [1.807, 2.05) is 4.90 Å². The SMILES string of the molecule is COc1ccc(C(=O)N2CCCC2CCCN)cc1OC. The van der Waals surface area contributed by atoms with Gasteiger partial charge in [-0.25, -0.2) is 0 Å². The maximum Gasteiger partial charge on any atom is 0.254 e. The van der Waals surface area contributed by atoms with Gasteiger partial charge in [0, 0.05) is 18.2 Å². The topological polar surface area (TPSA) is 64.8 Å². The van der Waals surface area contributed by atoms with Crippen LogP contribution in [0.4, 0.5) is 0 Å². The standard InChI is InChI=1S/C16H24N2O3/c1-20-14-8-7-12(11-15(14)21-2)16(19)18-10-4-6-13(18)5-3-9-17/h7-8,11,13H,3-6,9-10,17H2,1-2H3. The molecular formula is C16H24N2O3. The van der Waals surface area contributed by atoms with Gasteiger partial charge in [0.15, 0.2) is 11.5 Å². The molecule has 2 rings (SSSR count). The Labute approximate surface area is 126 Å². The molecule has 2 N–H and O–H groups in total. The number of likely N-dealkylation sites (tertiary alicyclic amines) is 1. The van der Waals surface area contributed by atoms with Gasteiger partial charge in [-0.3, -0.25) is 4.79 Å². The van der Waals surface area contributed by atoms with Crippen LogP contribution >= 0.6 is 0 Å². The van der Waals surface area contributed by atoms with E-state index >= 15 is 0 Å². The summed E-state index contributed by atoms with van der Waals surface area (Å²) < 4.78 is 10.5. The summed E-state index contributed by atoms with van der Waals surface area (Å²) in [7, 11) is 3.16. The summed E-state index contributed by atoms with van der Waals surface area (Å²) in [5.41, 5.74) is 6.22. The largest absolute Gasteiger partial charge is 0.493 e. The van der Waals surface area contributed by atoms with Crippen LogP contribution < -0.4 is 15.2 Å². The summed E-state index contributed by atoms with van der Waals surface area (Å²) in [5, 5.41) is 0. The molecule has 1 aromatic carbocycles. The fourth-order valence-corrected chi connectivity index (χ4v) is 2.89. The first-order valence-corrected chi connectivity index (χ1v) is 7.44. The maximum absolute atomic E-state index is 12.7. The number of ether oxygens (including phenoxy) is 2. The Bertz CT molecular complexity index is 490. The van der Waals surface area contributed by atoms with Crippen molar-refractivity contribution in [3.8, 4) is 11.5 Å². The highest BCUT2D eigenvalue weighted by molar-refractivity contribution is 5.95. The number of rotatable bonds is 6. The van der Waals surface area contributed by atoms with Gasteiger partial charge in [0.1, 0.15) is 0 Å². The van der Waals surface area contributed by atoms with Crippen molar-refractivity contribution in [1.82, 2.24) is 4.90 Å². The lowest BCUT2D eigenvalue weighted by Gasteiger charge is -2.25. The predicted molar refractivity (Wildman–Crippen MR) is 81.9 cm³/mol. The average molecular weight is 292 g/mol. The number of methoxy groups -OCH3 is 2. The van der Waals surface area contributed by atoms with Crippen LogP contribution in [0.3, 0.4) is 0 Å². The predicted octanol–water partition coefficient (Wildman–Crippen LogP) is 2.05. The Hall–Kier alpha value is -1.75. The molecule has 0 radical (unpaired) electrons. The number of hydrogen-bond acceptors (Lipinski definition) is 4. The lowest BCUT2D eigenvalue weighted by Crippen LogP contribution is -2.35. The number of benzene rings is 1. The van der Waals surface area contributed by atoms with Gasteiger partial charge in [0.05, 0.1) is 14.2 Å². The molecule has 0 spiro atoms. The summed E-state index contributed by atoms with van der Waals surface area (Å²) in [6.07, 6.45) is 4.07. The molecule has 116 valence electrons. The number of carbonyl (C=O) groups is 1. The Balaban J connectivity index is 2.15. The second-order valence-electron chi connectivity index (χ2n) is 5.30. The van der Waals surface area contributed by atoms with Crippen molar-refractivity contribution >= 4 is 5.91 Å². The Morgan fingerprint density at radius 3 is 2.76 bits per heavy atom. The summed E-state index contributed by atoms with van der Waals surface area (Å²) in [6, 6.07) is 5.63. The zero-order chi connectivity index (χ0) is 15.2. The van der Waals surface area contributed by atoms with Crippen LogP contribution in [0.1, 0.15) is 36.0 Å². The molecule has 1 aromatic rings. The van der Waals surface area contributed by atoms with Crippen molar-refractivity contribution < 1.29 is 14.3 Å². The van der Waals surface area contributed by atoms with Crippen molar-refractivity contribution in [2.24, 2.45) is 5.73 Å². The Kier molecular flexibility index (Phi) is 5.44. The fourth-order valence-electron chi connectivity index (χ4n) is 2.89. The molecule has 0 bridgehead atoms. The molecule has 0 saturated carbocycles. The van der Waals surface area contributed by atoms with Crippen LogP contribution in [-0.2, 0) is 0 Å². The molecule has 1 aliphatic rings. The lowest BCUT2D eigenvalue weighted by atomic mass is 10.1. The molecule has 1 amide bonds. The van der Waals surface area contributed by atoms with Gasteiger partial charge in [-0.05, 0) is 50.4 Å². The van der Waals surface area contributed by atoms with Gasteiger partial charge in [-0.1, -0.05) is 0 Å². The van der Waals surface area contributed by atoms with Crippen molar-refractivity contribution in [3.63, 3.8) is 0 Å². The van der Waals surface area contributed by atoms with Crippen LogP contribution in [0.5, 0.6) is 11.5 Å². The van der Waals surface area contributed by atoms with Crippen LogP contribution in [0.15, 0.2) is 18.2 Å². The van der Waals surface area contributed by atoms with Gasteiger partial charge in [0.2, 0.25) is 0 Å². The summed E-state index contributed by atoms with van der Waals surface area (Å²) in [4.78, 5) is 14.7. The molecule has 0 aromatic heterocycles. The van der Waals surface area contributed by atoms with Gasteiger partial charge in [0.25, 0.3) is 5.91 Å². The Morgan fingerprint density at radius 2 is 2.10 bits per heavy atom. The zero-order valence-electron chi connectivity index (χ0n) is 12.8. The Morgan fingerprint density at radius 1 is 1.33 bits per heavy atom. The molecule has 1 heterocycles. The van der Waals surface area contributed by atoms with E-state index in [9.17, 15) is 4.79 Å². The number of nitrogens with two attached hydrogens (primary N) is 1. The number of carbonyl (C=O) groups excluding carboxylic acids is 1. The average Bonchev–Trinajstić information content (AvgIpc) is 2.99. The molecule has 1 atom stereocenters. The maximum atomic E-state index is 12.7. The number of hydrogen-bond donors (Lipinski definition) is 1. The van der Waals surface area contributed by atoms with E-state index in [-0.39, 0.29) is 5.91 Å².